The number of carbonyl (C=O) groups excluding carboxylic acids is 2. The average molecular weight is 248 g/mol. The summed E-state index contributed by atoms with van der Waals surface area (Å²) < 4.78 is 5.41. The van der Waals surface area contributed by atoms with Crippen LogP contribution in [0.15, 0.2) is 12.3 Å². The van der Waals surface area contributed by atoms with Crippen molar-refractivity contribution in [2.75, 3.05) is 0 Å². The third-order valence-corrected chi connectivity index (χ3v) is 2.55. The van der Waals surface area contributed by atoms with E-state index in [-0.39, 0.29) is 6.41 Å². The first-order chi connectivity index (χ1) is 8.40. The summed E-state index contributed by atoms with van der Waals surface area (Å²) in [5.74, 6) is 0. The summed E-state index contributed by atoms with van der Waals surface area (Å²) in [4.78, 5) is 23.1. The Kier molecular flexibility index (Phi) is 4.98. The maximum absolute atomic E-state index is 11.6. The first kappa shape index (κ1) is 14.8. The highest BCUT2D eigenvalue weighted by atomic mass is 16.5. The number of nitrogens with one attached hydrogen (secondary N) is 1. The van der Waals surface area contributed by atoms with Crippen molar-refractivity contribution >= 4 is 28.1 Å². The van der Waals surface area contributed by atoms with Gasteiger partial charge in [0.25, 0.3) is 0 Å². The Morgan fingerprint density at radius 1 is 1.56 bits per heavy atom. The van der Waals surface area contributed by atoms with Gasteiger partial charge in [-0.05, 0) is 19.8 Å². The van der Waals surface area contributed by atoms with Gasteiger partial charge in [-0.15, -0.1) is 0 Å². The van der Waals surface area contributed by atoms with Gasteiger partial charge in [0.2, 0.25) is 6.41 Å². The number of urea groups is 1. The molecule has 1 rings (SSSR count). The lowest BCUT2D eigenvalue weighted by Crippen LogP contribution is -2.46. The van der Waals surface area contributed by atoms with Gasteiger partial charge < -0.3 is 9.84 Å². The van der Waals surface area contributed by atoms with Crippen molar-refractivity contribution in [3.63, 3.8) is 0 Å². The molecule has 0 bridgehead atoms. The molecular formula is C10H14B2N2O4. The van der Waals surface area contributed by atoms with Crippen LogP contribution in [0, 0.1) is 0 Å². The molecule has 1 aliphatic heterocycles. The van der Waals surface area contributed by atoms with E-state index in [1.54, 1.807) is 13.0 Å². The number of nitrogens with zero attached hydrogens (tertiary/aromatic N) is 1. The van der Waals surface area contributed by atoms with Gasteiger partial charge in [0, 0.05) is 11.6 Å². The van der Waals surface area contributed by atoms with Gasteiger partial charge in [-0.25, -0.2) is 4.79 Å². The molecule has 6 nitrogen and oxygen atoms in total. The molecule has 1 heterocycles. The maximum atomic E-state index is 11.6. The second-order valence-electron chi connectivity index (χ2n) is 4.00. The highest BCUT2D eigenvalue weighted by molar-refractivity contribution is 6.39. The molecule has 4 radical (unpaired) electrons. The second kappa shape index (κ2) is 6.06. The smallest absolute Gasteiger partial charge is 0.329 e. The fourth-order valence-electron chi connectivity index (χ4n) is 1.74. The van der Waals surface area contributed by atoms with Gasteiger partial charge in [0.1, 0.15) is 21.9 Å². The molecular weight excluding hydrogens is 234 g/mol. The fraction of sp³-hybridized carbons (Fsp3) is 0.600. The summed E-state index contributed by atoms with van der Waals surface area (Å²) in [6, 6.07) is -0.619. The van der Waals surface area contributed by atoms with Crippen molar-refractivity contribution in [2.45, 2.75) is 37.5 Å². The number of imide groups is 1. The summed E-state index contributed by atoms with van der Waals surface area (Å²) in [7, 11) is 10.7. The van der Waals surface area contributed by atoms with E-state index in [1.165, 1.54) is 11.1 Å². The molecule has 0 aliphatic carbocycles. The lowest BCUT2D eigenvalue weighted by Gasteiger charge is -2.29. The minimum atomic E-state index is -1.95. The molecule has 0 aromatic heterocycles. The second-order valence-corrected chi connectivity index (χ2v) is 4.00. The van der Waals surface area contributed by atoms with Gasteiger partial charge in [-0.3, -0.25) is 15.0 Å². The molecule has 2 atom stereocenters. The van der Waals surface area contributed by atoms with Crippen molar-refractivity contribution in [3.05, 3.63) is 12.3 Å². The third-order valence-electron chi connectivity index (χ3n) is 2.55. The van der Waals surface area contributed by atoms with Crippen LogP contribution >= 0.6 is 0 Å². The number of amides is 3. The molecule has 1 saturated heterocycles. The molecule has 94 valence electrons. The lowest BCUT2D eigenvalue weighted by molar-refractivity contribution is -0.109. The van der Waals surface area contributed by atoms with Gasteiger partial charge in [0.15, 0.2) is 0 Å². The van der Waals surface area contributed by atoms with Crippen molar-refractivity contribution < 1.29 is 19.4 Å². The van der Waals surface area contributed by atoms with Crippen LogP contribution in [0.3, 0.4) is 0 Å². The molecule has 18 heavy (non-hydrogen) atoms. The van der Waals surface area contributed by atoms with E-state index in [2.05, 4.69) is 0 Å². The van der Waals surface area contributed by atoms with Gasteiger partial charge >= 0.3 is 6.03 Å². The van der Waals surface area contributed by atoms with Gasteiger partial charge in [-0.1, -0.05) is 6.08 Å². The van der Waals surface area contributed by atoms with Gasteiger partial charge in [0.05, 0.1) is 6.10 Å². The topological polar surface area (TPSA) is 78.9 Å². The zero-order chi connectivity index (χ0) is 13.8. The molecule has 2 N–H and O–H groups in total. The Hall–Kier alpha value is -1.27. The Morgan fingerprint density at radius 2 is 2.22 bits per heavy atom. The minimum absolute atomic E-state index is 0.285. The zero-order valence-corrected chi connectivity index (χ0v) is 10.1. The van der Waals surface area contributed by atoms with E-state index < -0.39 is 23.8 Å². The number of allylic oxidation sites excluding steroid dienone is 1. The van der Waals surface area contributed by atoms with Crippen LogP contribution in [-0.2, 0) is 9.53 Å². The summed E-state index contributed by atoms with van der Waals surface area (Å²) in [6.45, 7) is 1.72. The summed E-state index contributed by atoms with van der Waals surface area (Å²) in [5.41, 5.74) is 0. The van der Waals surface area contributed by atoms with Gasteiger partial charge in [-0.2, -0.15) is 0 Å². The van der Waals surface area contributed by atoms with Crippen LogP contribution in [0.5, 0.6) is 0 Å². The molecule has 0 aromatic rings. The van der Waals surface area contributed by atoms with Crippen molar-refractivity contribution in [3.8, 4) is 0 Å². The molecule has 3 amide bonds. The Bertz CT molecular complexity index is 343. The molecule has 2 unspecified atom stereocenters. The first-order valence-electron chi connectivity index (χ1n) is 5.51. The maximum Gasteiger partial charge on any atom is 0.329 e. The molecule has 0 aromatic carbocycles. The molecule has 0 saturated carbocycles. The summed E-state index contributed by atoms with van der Waals surface area (Å²) in [5, 5.41) is 9.49. The monoisotopic (exact) mass is 248 g/mol. The quantitative estimate of drug-likeness (QED) is 0.503. The fourth-order valence-corrected chi connectivity index (χ4v) is 1.74. The Morgan fingerprint density at radius 3 is 2.67 bits per heavy atom. The third kappa shape index (κ3) is 3.61. The van der Waals surface area contributed by atoms with E-state index in [1.807, 2.05) is 5.32 Å². The van der Waals surface area contributed by atoms with Crippen LogP contribution in [0.25, 0.3) is 0 Å². The number of carbonyl (C=O) groups is 2. The predicted molar refractivity (Wildman–Crippen MR) is 65.6 cm³/mol. The number of hydrogen-bond donors (Lipinski definition) is 2. The molecule has 0 spiro atoms. The highest BCUT2D eigenvalue weighted by Gasteiger charge is 2.38. The van der Waals surface area contributed by atoms with Crippen LogP contribution in [0.1, 0.15) is 19.8 Å². The molecule has 1 fully saturated rings. The van der Waals surface area contributed by atoms with E-state index in [0.717, 1.165) is 0 Å². The van der Waals surface area contributed by atoms with Crippen LogP contribution in [0.2, 0.25) is 0 Å². The lowest BCUT2D eigenvalue weighted by atomic mass is 9.61. The van der Waals surface area contributed by atoms with Crippen molar-refractivity contribution in [1.82, 2.24) is 10.2 Å². The average Bonchev–Trinajstić information content (AvgIpc) is 2.74. The molecule has 8 heteroatoms. The first-order valence-corrected chi connectivity index (χ1v) is 5.51. The number of aliphatic hydroxyl groups is 1. The Balaban J connectivity index is 2.72. The van der Waals surface area contributed by atoms with Crippen LogP contribution < -0.4 is 5.32 Å². The number of ether oxygens (including phenoxy) is 1. The number of rotatable bonds is 4. The van der Waals surface area contributed by atoms with E-state index >= 15 is 0 Å². The van der Waals surface area contributed by atoms with E-state index in [4.69, 9.17) is 20.4 Å². The van der Waals surface area contributed by atoms with E-state index in [0.29, 0.717) is 12.8 Å². The van der Waals surface area contributed by atoms with Crippen LogP contribution in [0.4, 0.5) is 4.79 Å². The summed E-state index contributed by atoms with van der Waals surface area (Å²) in [6.07, 6.45) is 2.86. The summed E-state index contributed by atoms with van der Waals surface area (Å²) >= 11 is 0. The predicted octanol–water partition coefficient (Wildman–Crippen LogP) is -0.824. The largest absolute Gasteiger partial charge is 0.407 e. The zero-order valence-electron chi connectivity index (χ0n) is 10.1. The van der Waals surface area contributed by atoms with E-state index in [9.17, 15) is 14.7 Å². The highest BCUT2D eigenvalue weighted by Crippen LogP contribution is 2.27. The van der Waals surface area contributed by atoms with Crippen molar-refractivity contribution in [1.29, 1.82) is 0 Å². The SMILES string of the molecule is [B]C([B])(O)C1CCC(N(/C=C\C)C(=O)NC=O)O1. The number of hydrogen-bond acceptors (Lipinski definition) is 4. The standard InChI is InChI=1S/C10H14B2N2O4/c1-2-5-14(9(16)13-6-15)8-4-3-7(18-8)10(11,12)17/h2,5-8,17H,3-4H2,1H3,(H,13,15,16)/b5-2-. The Labute approximate surface area is 108 Å². The minimum Gasteiger partial charge on any atom is -0.407 e. The van der Waals surface area contributed by atoms with Crippen LogP contribution in [-0.4, -0.2) is 55.9 Å². The van der Waals surface area contributed by atoms with Crippen molar-refractivity contribution in [2.24, 2.45) is 0 Å². The molecule has 1 aliphatic rings. The normalized spacial score (nSPS) is 24.1.